The van der Waals surface area contributed by atoms with Crippen LogP contribution in [0, 0.1) is 47.3 Å². The zero-order valence-electron chi connectivity index (χ0n) is 16.7. The van der Waals surface area contributed by atoms with Crippen LogP contribution in [0.5, 0.6) is 0 Å². The van der Waals surface area contributed by atoms with Crippen LogP contribution in [-0.2, 0) is 4.74 Å². The van der Waals surface area contributed by atoms with Crippen LogP contribution in [0.3, 0.4) is 0 Å². The van der Waals surface area contributed by atoms with Crippen molar-refractivity contribution < 1.29 is 4.74 Å². The van der Waals surface area contributed by atoms with Gasteiger partial charge in [-0.3, -0.25) is 0 Å². The van der Waals surface area contributed by atoms with Crippen molar-refractivity contribution in [3.05, 3.63) is 0 Å². The molecule has 23 heavy (non-hydrogen) atoms. The summed E-state index contributed by atoms with van der Waals surface area (Å²) in [7, 11) is 0. The van der Waals surface area contributed by atoms with Crippen LogP contribution >= 0.6 is 0 Å². The highest BCUT2D eigenvalue weighted by Gasteiger charge is 2.33. The fourth-order valence-corrected chi connectivity index (χ4v) is 5.55. The first-order valence-corrected chi connectivity index (χ1v) is 10.5. The molecule has 2 aliphatic carbocycles. The summed E-state index contributed by atoms with van der Waals surface area (Å²) in [5, 5.41) is 0. The van der Waals surface area contributed by atoms with Gasteiger partial charge in [0.05, 0.1) is 0 Å². The fraction of sp³-hybridized carbons (Fsp3) is 1.00. The molecule has 2 fully saturated rings. The Labute approximate surface area is 146 Å². The van der Waals surface area contributed by atoms with Gasteiger partial charge in [-0.2, -0.15) is 0 Å². The van der Waals surface area contributed by atoms with Gasteiger partial charge in [0.15, 0.2) is 0 Å². The molecule has 1 nitrogen and oxygen atoms in total. The monoisotopic (exact) mass is 322 g/mol. The van der Waals surface area contributed by atoms with Gasteiger partial charge in [-0.05, 0) is 73.0 Å². The zero-order valence-corrected chi connectivity index (χ0v) is 16.7. The molecule has 0 bridgehead atoms. The predicted molar refractivity (Wildman–Crippen MR) is 100 cm³/mol. The lowest BCUT2D eigenvalue weighted by Gasteiger charge is -2.39. The van der Waals surface area contributed by atoms with Crippen LogP contribution in [0.15, 0.2) is 0 Å². The molecule has 0 saturated heterocycles. The standard InChI is InChI=1S/C22H42O/c1-15(2)21-9-7-17(5)11-19(21)13-23-14-20-12-18(6)8-10-22(20)16(3)4/h15-22H,7-14H2,1-6H3. The first-order valence-electron chi connectivity index (χ1n) is 10.5. The average molecular weight is 323 g/mol. The van der Waals surface area contributed by atoms with Crippen molar-refractivity contribution in [2.75, 3.05) is 13.2 Å². The van der Waals surface area contributed by atoms with E-state index in [0.717, 1.165) is 60.6 Å². The Morgan fingerprint density at radius 3 is 1.43 bits per heavy atom. The summed E-state index contributed by atoms with van der Waals surface area (Å²) >= 11 is 0. The second kappa shape index (κ2) is 8.88. The van der Waals surface area contributed by atoms with E-state index in [2.05, 4.69) is 41.5 Å². The van der Waals surface area contributed by atoms with Crippen molar-refractivity contribution in [2.45, 2.75) is 80.1 Å². The highest BCUT2D eigenvalue weighted by molar-refractivity contribution is 4.82. The van der Waals surface area contributed by atoms with Crippen molar-refractivity contribution in [1.29, 1.82) is 0 Å². The third-order valence-corrected chi connectivity index (χ3v) is 6.98. The van der Waals surface area contributed by atoms with Crippen LogP contribution in [0.4, 0.5) is 0 Å². The maximum atomic E-state index is 6.37. The number of hydrogen-bond acceptors (Lipinski definition) is 1. The van der Waals surface area contributed by atoms with Crippen LogP contribution in [0.1, 0.15) is 80.1 Å². The average Bonchev–Trinajstić information content (AvgIpc) is 2.46. The largest absolute Gasteiger partial charge is 0.381 e. The summed E-state index contributed by atoms with van der Waals surface area (Å²) < 4.78 is 6.37. The molecule has 0 aromatic carbocycles. The Balaban J connectivity index is 1.83. The molecular weight excluding hydrogens is 280 g/mol. The maximum absolute atomic E-state index is 6.37. The van der Waals surface area contributed by atoms with Crippen LogP contribution in [-0.4, -0.2) is 13.2 Å². The molecule has 0 amide bonds. The van der Waals surface area contributed by atoms with E-state index in [-0.39, 0.29) is 0 Å². The summed E-state index contributed by atoms with van der Waals surface area (Å²) in [6, 6.07) is 0. The van der Waals surface area contributed by atoms with E-state index in [0.29, 0.717) is 0 Å². The minimum Gasteiger partial charge on any atom is -0.381 e. The third-order valence-electron chi connectivity index (χ3n) is 6.98. The Bertz CT molecular complexity index is 303. The molecule has 6 atom stereocenters. The van der Waals surface area contributed by atoms with Crippen molar-refractivity contribution in [1.82, 2.24) is 0 Å². The molecule has 136 valence electrons. The first kappa shape index (κ1) is 19.3. The van der Waals surface area contributed by atoms with Crippen molar-refractivity contribution in [3.8, 4) is 0 Å². The lowest BCUT2D eigenvalue weighted by molar-refractivity contribution is -0.0100. The SMILES string of the molecule is CC1CCC(C(C)C)C(COCC2CC(C)CCC2C(C)C)C1. The van der Waals surface area contributed by atoms with E-state index in [1.54, 1.807) is 0 Å². The first-order chi connectivity index (χ1) is 10.9. The minimum atomic E-state index is 0.803. The lowest BCUT2D eigenvalue weighted by atomic mass is 9.70. The highest BCUT2D eigenvalue weighted by atomic mass is 16.5. The van der Waals surface area contributed by atoms with E-state index in [1.165, 1.54) is 38.5 Å². The van der Waals surface area contributed by atoms with Crippen molar-refractivity contribution in [2.24, 2.45) is 47.3 Å². The molecule has 0 radical (unpaired) electrons. The molecule has 1 heteroatoms. The predicted octanol–water partition coefficient (Wildman–Crippen LogP) is 6.42. The molecule has 2 saturated carbocycles. The summed E-state index contributed by atoms with van der Waals surface area (Å²) in [5.41, 5.74) is 0. The quantitative estimate of drug-likeness (QED) is 0.548. The maximum Gasteiger partial charge on any atom is 0.0497 e. The van der Waals surface area contributed by atoms with Gasteiger partial charge in [0.1, 0.15) is 0 Å². The summed E-state index contributed by atoms with van der Waals surface area (Å²) in [6.07, 6.45) is 8.46. The second-order valence-electron chi connectivity index (χ2n) is 9.71. The molecule has 0 heterocycles. The molecule has 0 N–H and O–H groups in total. The molecule has 2 rings (SSSR count). The molecule has 6 unspecified atom stereocenters. The normalized spacial score (nSPS) is 39.1. The number of ether oxygens (including phenoxy) is 1. The summed E-state index contributed by atoms with van der Waals surface area (Å²) in [4.78, 5) is 0. The van der Waals surface area contributed by atoms with Crippen LogP contribution < -0.4 is 0 Å². The van der Waals surface area contributed by atoms with Crippen LogP contribution in [0.25, 0.3) is 0 Å². The fourth-order valence-electron chi connectivity index (χ4n) is 5.55. The van der Waals surface area contributed by atoms with Gasteiger partial charge < -0.3 is 4.74 Å². The lowest BCUT2D eigenvalue weighted by Crippen LogP contribution is -2.34. The Morgan fingerprint density at radius 1 is 0.696 bits per heavy atom. The van der Waals surface area contributed by atoms with E-state index < -0.39 is 0 Å². The van der Waals surface area contributed by atoms with Gasteiger partial charge in [-0.15, -0.1) is 0 Å². The summed E-state index contributed by atoms with van der Waals surface area (Å²) in [5.74, 6) is 6.81. The van der Waals surface area contributed by atoms with E-state index in [1.807, 2.05) is 0 Å². The molecule has 2 aliphatic rings. The van der Waals surface area contributed by atoms with Gasteiger partial charge in [-0.1, -0.05) is 54.4 Å². The topological polar surface area (TPSA) is 9.23 Å². The molecule has 0 aromatic heterocycles. The molecule has 0 aliphatic heterocycles. The Hall–Kier alpha value is -0.0400. The van der Waals surface area contributed by atoms with Gasteiger partial charge in [0.2, 0.25) is 0 Å². The Kier molecular flexibility index (Phi) is 7.45. The zero-order chi connectivity index (χ0) is 17.0. The Morgan fingerprint density at radius 2 is 1.09 bits per heavy atom. The molecular formula is C22H42O. The summed E-state index contributed by atoms with van der Waals surface area (Å²) in [6.45, 7) is 16.5. The smallest absolute Gasteiger partial charge is 0.0497 e. The van der Waals surface area contributed by atoms with Crippen LogP contribution in [0.2, 0.25) is 0 Å². The third kappa shape index (κ3) is 5.48. The van der Waals surface area contributed by atoms with Crippen molar-refractivity contribution in [3.63, 3.8) is 0 Å². The van der Waals surface area contributed by atoms with Gasteiger partial charge >= 0.3 is 0 Å². The second-order valence-corrected chi connectivity index (χ2v) is 9.71. The van der Waals surface area contributed by atoms with E-state index >= 15 is 0 Å². The van der Waals surface area contributed by atoms with Gasteiger partial charge in [0.25, 0.3) is 0 Å². The van der Waals surface area contributed by atoms with Gasteiger partial charge in [-0.25, -0.2) is 0 Å². The van der Waals surface area contributed by atoms with Crippen molar-refractivity contribution >= 4 is 0 Å². The number of rotatable bonds is 6. The van der Waals surface area contributed by atoms with E-state index in [9.17, 15) is 0 Å². The highest BCUT2D eigenvalue weighted by Crippen LogP contribution is 2.40. The minimum absolute atomic E-state index is 0.803. The van der Waals surface area contributed by atoms with E-state index in [4.69, 9.17) is 4.74 Å². The number of hydrogen-bond donors (Lipinski definition) is 0. The molecule has 0 spiro atoms. The van der Waals surface area contributed by atoms with Gasteiger partial charge in [0, 0.05) is 13.2 Å². The molecule has 0 aromatic rings.